The number of anilines is 1. The molecule has 182 valence electrons. The Labute approximate surface area is 196 Å². The van der Waals surface area contributed by atoms with Crippen molar-refractivity contribution in [1.82, 2.24) is 4.31 Å². The zero-order valence-corrected chi connectivity index (χ0v) is 19.6. The van der Waals surface area contributed by atoms with Crippen LogP contribution >= 0.6 is 0 Å². The van der Waals surface area contributed by atoms with Gasteiger partial charge in [-0.05, 0) is 36.4 Å². The number of carbonyl (C=O) groups excluding carboxylic acids is 3. The Morgan fingerprint density at radius 1 is 0.882 bits per heavy atom. The Kier molecular flexibility index (Phi) is 7.87. The molecule has 2 aromatic rings. The maximum atomic E-state index is 13.2. The number of hydrogen-bond acceptors (Lipinski definition) is 9. The lowest BCUT2D eigenvalue weighted by Gasteiger charge is -2.26. The molecule has 3 rings (SSSR count). The van der Waals surface area contributed by atoms with Gasteiger partial charge in [-0.25, -0.2) is 18.0 Å². The summed E-state index contributed by atoms with van der Waals surface area (Å²) >= 11 is 0. The summed E-state index contributed by atoms with van der Waals surface area (Å²) in [6.45, 7) is 0.888. The number of benzene rings is 2. The molecule has 34 heavy (non-hydrogen) atoms. The van der Waals surface area contributed by atoms with Crippen molar-refractivity contribution in [1.29, 1.82) is 0 Å². The van der Waals surface area contributed by atoms with Gasteiger partial charge < -0.3 is 24.3 Å². The second-order valence-corrected chi connectivity index (χ2v) is 9.02. The number of ether oxygens (including phenoxy) is 4. The topological polar surface area (TPSA) is 138 Å². The first-order valence-corrected chi connectivity index (χ1v) is 11.5. The fourth-order valence-corrected chi connectivity index (χ4v) is 4.91. The summed E-state index contributed by atoms with van der Waals surface area (Å²) in [6.07, 6.45) is 0. The van der Waals surface area contributed by atoms with E-state index in [0.29, 0.717) is 0 Å². The molecule has 0 radical (unpaired) electrons. The molecule has 0 aromatic heterocycles. The summed E-state index contributed by atoms with van der Waals surface area (Å²) in [5.74, 6) is -2.02. The summed E-state index contributed by atoms with van der Waals surface area (Å²) in [7, 11) is -0.257. The fourth-order valence-electron chi connectivity index (χ4n) is 3.32. The van der Waals surface area contributed by atoms with Crippen molar-refractivity contribution >= 4 is 33.6 Å². The standard InChI is InChI=1S/C22H24N2O9S/c1-30-18-5-4-14(13-19(18)34(28,29)24-6-8-33-9-7-24)20(25)23-17-11-15(21(26)31-2)10-16(12-17)22(27)32-3/h4-5,10-13H,6-9H2,1-3H3,(H,23,25). The minimum absolute atomic E-state index is 0.0195. The van der Waals surface area contributed by atoms with Crippen LogP contribution in [0, 0.1) is 0 Å². The molecule has 0 unspecified atom stereocenters. The van der Waals surface area contributed by atoms with E-state index in [4.69, 9.17) is 9.47 Å². The highest BCUT2D eigenvalue weighted by Crippen LogP contribution is 2.29. The maximum Gasteiger partial charge on any atom is 0.337 e. The molecule has 0 spiro atoms. The van der Waals surface area contributed by atoms with Crippen LogP contribution < -0.4 is 10.1 Å². The normalized spacial score (nSPS) is 14.2. The molecule has 1 aliphatic heterocycles. The molecule has 1 fully saturated rings. The molecule has 1 heterocycles. The molecular weight excluding hydrogens is 468 g/mol. The molecule has 1 saturated heterocycles. The summed E-state index contributed by atoms with van der Waals surface area (Å²) in [5, 5.41) is 2.57. The number of rotatable bonds is 7. The van der Waals surface area contributed by atoms with Gasteiger partial charge in [0.05, 0.1) is 45.7 Å². The number of esters is 2. The van der Waals surface area contributed by atoms with Crippen LogP contribution in [0.1, 0.15) is 31.1 Å². The number of nitrogens with zero attached hydrogens (tertiary/aromatic N) is 1. The summed E-state index contributed by atoms with van der Waals surface area (Å²) in [5.41, 5.74) is 0.175. The highest BCUT2D eigenvalue weighted by atomic mass is 32.2. The second kappa shape index (κ2) is 10.6. The molecule has 1 N–H and O–H groups in total. The Bertz CT molecular complexity index is 1170. The van der Waals surface area contributed by atoms with Gasteiger partial charge in [0.15, 0.2) is 0 Å². The number of morpholine rings is 1. The first-order chi connectivity index (χ1) is 16.2. The van der Waals surface area contributed by atoms with Crippen LogP contribution in [0.4, 0.5) is 5.69 Å². The zero-order valence-electron chi connectivity index (χ0n) is 18.8. The average Bonchev–Trinajstić information content (AvgIpc) is 2.87. The molecule has 12 heteroatoms. The number of sulfonamides is 1. The third kappa shape index (κ3) is 5.35. The van der Waals surface area contributed by atoms with Gasteiger partial charge in [-0.2, -0.15) is 4.31 Å². The van der Waals surface area contributed by atoms with Gasteiger partial charge in [-0.1, -0.05) is 0 Å². The maximum absolute atomic E-state index is 13.2. The third-order valence-corrected chi connectivity index (χ3v) is 6.97. The van der Waals surface area contributed by atoms with E-state index in [1.807, 2.05) is 0 Å². The van der Waals surface area contributed by atoms with Crippen LogP contribution in [0.25, 0.3) is 0 Å². The van der Waals surface area contributed by atoms with Crippen molar-refractivity contribution in [3.05, 3.63) is 53.1 Å². The minimum atomic E-state index is -3.95. The van der Waals surface area contributed by atoms with E-state index >= 15 is 0 Å². The van der Waals surface area contributed by atoms with Crippen LogP contribution in [0.5, 0.6) is 5.75 Å². The van der Waals surface area contributed by atoms with Gasteiger partial charge >= 0.3 is 11.9 Å². The van der Waals surface area contributed by atoms with Crippen LogP contribution in [-0.4, -0.2) is 78.2 Å². The molecule has 1 amide bonds. The van der Waals surface area contributed by atoms with Crippen LogP contribution in [-0.2, 0) is 24.2 Å². The molecule has 0 saturated carbocycles. The minimum Gasteiger partial charge on any atom is -0.495 e. The van der Waals surface area contributed by atoms with Crippen LogP contribution in [0.3, 0.4) is 0 Å². The number of nitrogens with one attached hydrogen (secondary N) is 1. The van der Waals surface area contributed by atoms with Crippen molar-refractivity contribution in [2.75, 3.05) is 52.9 Å². The van der Waals surface area contributed by atoms with E-state index < -0.39 is 27.9 Å². The lowest BCUT2D eigenvalue weighted by Crippen LogP contribution is -2.40. The number of methoxy groups -OCH3 is 3. The van der Waals surface area contributed by atoms with Gasteiger partial charge in [-0.15, -0.1) is 0 Å². The van der Waals surface area contributed by atoms with E-state index in [-0.39, 0.29) is 59.3 Å². The Balaban J connectivity index is 1.96. The molecule has 2 aromatic carbocycles. The van der Waals surface area contributed by atoms with Crippen molar-refractivity contribution < 1.29 is 41.7 Å². The molecule has 0 aliphatic carbocycles. The number of hydrogen-bond donors (Lipinski definition) is 1. The lowest BCUT2D eigenvalue weighted by atomic mass is 10.1. The lowest BCUT2D eigenvalue weighted by molar-refractivity contribution is 0.0598. The molecule has 1 aliphatic rings. The summed E-state index contributed by atoms with van der Waals surface area (Å²) in [6, 6.07) is 7.92. The predicted octanol–water partition coefficient (Wildman–Crippen LogP) is 1.54. The summed E-state index contributed by atoms with van der Waals surface area (Å²) in [4.78, 5) is 36.8. The fraction of sp³-hybridized carbons (Fsp3) is 0.318. The number of amides is 1. The second-order valence-electron chi connectivity index (χ2n) is 7.12. The third-order valence-electron chi connectivity index (χ3n) is 5.05. The van der Waals surface area contributed by atoms with Gasteiger partial charge in [-0.3, -0.25) is 4.79 Å². The Hall–Kier alpha value is -3.48. The molecule has 11 nitrogen and oxygen atoms in total. The van der Waals surface area contributed by atoms with E-state index in [1.54, 1.807) is 0 Å². The quantitative estimate of drug-likeness (QED) is 0.571. The Morgan fingerprint density at radius 3 is 2.00 bits per heavy atom. The van der Waals surface area contributed by atoms with Gasteiger partial charge in [0.2, 0.25) is 10.0 Å². The highest BCUT2D eigenvalue weighted by molar-refractivity contribution is 7.89. The zero-order chi connectivity index (χ0) is 24.9. The van der Waals surface area contributed by atoms with Crippen molar-refractivity contribution in [3.63, 3.8) is 0 Å². The van der Waals surface area contributed by atoms with E-state index in [1.165, 1.54) is 62.0 Å². The first kappa shape index (κ1) is 25.1. The average molecular weight is 493 g/mol. The Morgan fingerprint density at radius 2 is 1.47 bits per heavy atom. The van der Waals surface area contributed by atoms with E-state index in [9.17, 15) is 22.8 Å². The SMILES string of the molecule is COC(=O)c1cc(NC(=O)c2ccc(OC)c(S(=O)(=O)N3CCOCC3)c2)cc(C(=O)OC)c1. The molecule has 0 atom stereocenters. The van der Waals surface area contributed by atoms with Gasteiger partial charge in [0.1, 0.15) is 10.6 Å². The predicted molar refractivity (Wildman–Crippen MR) is 120 cm³/mol. The van der Waals surface area contributed by atoms with Crippen molar-refractivity contribution in [3.8, 4) is 5.75 Å². The largest absolute Gasteiger partial charge is 0.495 e. The highest BCUT2D eigenvalue weighted by Gasteiger charge is 2.30. The van der Waals surface area contributed by atoms with Crippen LogP contribution in [0.15, 0.2) is 41.3 Å². The van der Waals surface area contributed by atoms with Crippen molar-refractivity contribution in [2.24, 2.45) is 0 Å². The van der Waals surface area contributed by atoms with E-state index in [2.05, 4.69) is 14.8 Å². The molecule has 0 bridgehead atoms. The van der Waals surface area contributed by atoms with Gasteiger partial charge in [0.25, 0.3) is 5.91 Å². The first-order valence-electron chi connectivity index (χ1n) is 10.1. The van der Waals surface area contributed by atoms with Gasteiger partial charge in [0, 0.05) is 24.3 Å². The van der Waals surface area contributed by atoms with Crippen molar-refractivity contribution in [2.45, 2.75) is 4.90 Å². The van der Waals surface area contributed by atoms with Crippen LogP contribution in [0.2, 0.25) is 0 Å². The smallest absolute Gasteiger partial charge is 0.337 e. The monoisotopic (exact) mass is 492 g/mol. The van der Waals surface area contributed by atoms with E-state index in [0.717, 1.165) is 0 Å². The molecular formula is C22H24N2O9S. The number of carbonyl (C=O) groups is 3. The summed E-state index contributed by atoms with van der Waals surface area (Å²) < 4.78 is 47.4.